The zero-order valence-electron chi connectivity index (χ0n) is 23.6. The molecule has 0 saturated heterocycles. The molecule has 0 fully saturated rings. The maximum absolute atomic E-state index is 12.9. The molecular weight excluding hydrogens is 474 g/mol. The lowest BCUT2D eigenvalue weighted by molar-refractivity contribution is -0.115. The number of hydrogen-bond acceptors (Lipinski definition) is 5. The summed E-state index contributed by atoms with van der Waals surface area (Å²) in [4.78, 5) is 28.3. The Kier molecular flexibility index (Phi) is 17.3. The Labute approximate surface area is 230 Å². The summed E-state index contributed by atoms with van der Waals surface area (Å²) in [5.74, 6) is -0.392. The van der Waals surface area contributed by atoms with Gasteiger partial charge in [0.1, 0.15) is 11.8 Å². The van der Waals surface area contributed by atoms with Gasteiger partial charge < -0.3 is 20.5 Å². The van der Waals surface area contributed by atoms with Gasteiger partial charge in [0.15, 0.2) is 6.29 Å². The van der Waals surface area contributed by atoms with Crippen molar-refractivity contribution in [2.75, 3.05) is 13.1 Å². The van der Waals surface area contributed by atoms with Crippen molar-refractivity contribution in [3.05, 3.63) is 42.2 Å². The van der Waals surface area contributed by atoms with Gasteiger partial charge in [0.05, 0.1) is 6.04 Å². The number of aldehydes is 1. The summed E-state index contributed by atoms with van der Waals surface area (Å²) in [6, 6.07) is 8.68. The first-order chi connectivity index (χ1) is 18.7. The second-order valence-electron chi connectivity index (χ2n) is 10.6. The first kappa shape index (κ1) is 31.9. The fourth-order valence-electron chi connectivity index (χ4n) is 4.94. The summed E-state index contributed by atoms with van der Waals surface area (Å²) in [5, 5.41) is 17.9. The number of carbonyl (C=O) groups excluding carboxylic acids is 2. The highest BCUT2D eigenvalue weighted by molar-refractivity contribution is 6.05. The molecule has 0 spiro atoms. The molecule has 1 amide bonds. The van der Waals surface area contributed by atoms with Crippen LogP contribution in [0.4, 0.5) is 0 Å². The van der Waals surface area contributed by atoms with Crippen LogP contribution in [0.1, 0.15) is 120 Å². The Hall–Kier alpha value is -2.31. The number of nitrogens with one attached hydrogen (secondary N) is 2. The first-order valence-electron chi connectivity index (χ1n) is 15.2. The minimum atomic E-state index is -1.27. The zero-order chi connectivity index (χ0) is 27.3. The van der Waals surface area contributed by atoms with Crippen LogP contribution in [0.5, 0.6) is 0 Å². The lowest BCUT2D eigenvalue weighted by Gasteiger charge is -2.21. The van der Waals surface area contributed by atoms with E-state index in [0.29, 0.717) is 18.5 Å². The van der Waals surface area contributed by atoms with Gasteiger partial charge in [-0.1, -0.05) is 128 Å². The molecule has 0 bridgehead atoms. The monoisotopic (exact) mass is 525 g/mol. The molecule has 0 radical (unpaired) electrons. The molecule has 1 aromatic heterocycles. The molecule has 1 aromatic carbocycles. The van der Waals surface area contributed by atoms with E-state index in [4.69, 9.17) is 0 Å². The first-order valence-corrected chi connectivity index (χ1v) is 15.2. The van der Waals surface area contributed by atoms with Crippen LogP contribution >= 0.6 is 0 Å². The van der Waals surface area contributed by atoms with Crippen molar-refractivity contribution in [2.45, 2.75) is 122 Å². The van der Waals surface area contributed by atoms with Crippen molar-refractivity contribution < 1.29 is 14.7 Å². The number of aliphatic hydroxyl groups excluding tert-OH is 1. The molecular formula is C32H51N3O3. The lowest BCUT2D eigenvalue weighted by Crippen LogP contribution is -2.50. The van der Waals surface area contributed by atoms with Gasteiger partial charge in [0.25, 0.3) is 5.91 Å². The number of amides is 1. The predicted octanol–water partition coefficient (Wildman–Crippen LogP) is 6.74. The summed E-state index contributed by atoms with van der Waals surface area (Å²) >= 11 is 0. The predicted molar refractivity (Wildman–Crippen MR) is 157 cm³/mol. The van der Waals surface area contributed by atoms with Crippen LogP contribution in [0.3, 0.4) is 0 Å². The third-order valence-electron chi connectivity index (χ3n) is 7.33. The van der Waals surface area contributed by atoms with Gasteiger partial charge >= 0.3 is 0 Å². The number of aliphatic hydroxyl groups is 1. The quantitative estimate of drug-likeness (QED) is 0.110. The van der Waals surface area contributed by atoms with Gasteiger partial charge in [0.2, 0.25) is 0 Å². The van der Waals surface area contributed by atoms with E-state index in [0.717, 1.165) is 30.2 Å². The molecule has 1 heterocycles. The smallest absolute Gasteiger partial charge is 0.270 e. The van der Waals surface area contributed by atoms with Gasteiger partial charge in [0, 0.05) is 18.1 Å². The number of benzene rings is 1. The largest absolute Gasteiger partial charge is 0.383 e. The minimum absolute atomic E-state index is 0.295. The molecule has 38 heavy (non-hydrogen) atoms. The summed E-state index contributed by atoms with van der Waals surface area (Å²) in [6.07, 6.45) is 22.2. The zero-order valence-corrected chi connectivity index (χ0v) is 23.6. The fraction of sp³-hybridized carbons (Fsp3) is 0.656. The summed E-state index contributed by atoms with van der Waals surface area (Å²) in [7, 11) is 0. The molecule has 2 aromatic rings. The topological polar surface area (TPSA) is 91.3 Å². The van der Waals surface area contributed by atoms with Crippen LogP contribution in [-0.4, -0.2) is 47.5 Å². The van der Waals surface area contributed by atoms with Gasteiger partial charge in [-0.15, -0.1) is 0 Å². The molecule has 3 N–H and O–H groups in total. The van der Waals surface area contributed by atoms with E-state index in [9.17, 15) is 14.7 Å². The molecule has 2 atom stereocenters. The van der Waals surface area contributed by atoms with Crippen molar-refractivity contribution >= 4 is 23.0 Å². The highest BCUT2D eigenvalue weighted by Gasteiger charge is 2.22. The summed E-state index contributed by atoms with van der Waals surface area (Å²) in [5.41, 5.74) is 0.295. The third-order valence-corrected chi connectivity index (χ3v) is 7.33. The average molecular weight is 526 g/mol. The van der Waals surface area contributed by atoms with Gasteiger partial charge in [-0.2, -0.15) is 0 Å². The molecule has 2 rings (SSSR count). The van der Waals surface area contributed by atoms with Crippen LogP contribution in [0.15, 0.2) is 36.5 Å². The van der Waals surface area contributed by atoms with E-state index in [-0.39, 0.29) is 0 Å². The standard InChI is InChI=1S/C32H51N3O3/c1-2-3-4-5-6-7-8-9-10-11-12-13-14-15-16-19-23-33-25-29(30(37)26-36)35-32(38)31-28-21-18-17-20-27(28)22-24-34-31/h17-18,20-22,24,26,29-30,33,37H,2-16,19,23,25H2,1H3,(H,35,38)/t29-,30-/m0/s1. The van der Waals surface area contributed by atoms with E-state index in [1.807, 2.05) is 30.3 Å². The van der Waals surface area contributed by atoms with Crippen molar-refractivity contribution in [2.24, 2.45) is 0 Å². The maximum Gasteiger partial charge on any atom is 0.270 e. The lowest BCUT2D eigenvalue weighted by atomic mass is 10.0. The minimum Gasteiger partial charge on any atom is -0.383 e. The van der Waals surface area contributed by atoms with Gasteiger partial charge in [-0.3, -0.25) is 9.78 Å². The van der Waals surface area contributed by atoms with Crippen molar-refractivity contribution in [1.82, 2.24) is 15.6 Å². The second kappa shape index (κ2) is 20.6. The van der Waals surface area contributed by atoms with Crippen LogP contribution in [-0.2, 0) is 4.79 Å². The molecule has 0 unspecified atom stereocenters. The number of carbonyl (C=O) groups is 2. The van der Waals surface area contributed by atoms with E-state index >= 15 is 0 Å². The molecule has 0 aliphatic rings. The van der Waals surface area contributed by atoms with Crippen molar-refractivity contribution in [3.63, 3.8) is 0 Å². The SMILES string of the molecule is CCCCCCCCCCCCCCCCCCNC[C@H](NC(=O)c1nccc2ccccc12)[C@@H](O)C=O. The van der Waals surface area contributed by atoms with E-state index in [2.05, 4.69) is 22.5 Å². The number of rotatable bonds is 23. The normalized spacial score (nSPS) is 12.9. The van der Waals surface area contributed by atoms with Crippen molar-refractivity contribution in [3.8, 4) is 0 Å². The molecule has 6 nitrogen and oxygen atoms in total. The second-order valence-corrected chi connectivity index (χ2v) is 10.6. The molecule has 212 valence electrons. The molecule has 0 saturated carbocycles. The van der Waals surface area contributed by atoms with Crippen LogP contribution < -0.4 is 10.6 Å². The highest BCUT2D eigenvalue weighted by Crippen LogP contribution is 2.17. The molecule has 0 aliphatic heterocycles. The third kappa shape index (κ3) is 13.0. The number of nitrogens with zero attached hydrogens (tertiary/aromatic N) is 1. The van der Waals surface area contributed by atoms with Crippen LogP contribution in [0.25, 0.3) is 10.8 Å². The number of aromatic nitrogens is 1. The summed E-state index contributed by atoms with van der Waals surface area (Å²) < 4.78 is 0. The Morgan fingerprint density at radius 2 is 1.39 bits per heavy atom. The molecule has 0 aliphatic carbocycles. The highest BCUT2D eigenvalue weighted by atomic mass is 16.3. The maximum atomic E-state index is 12.9. The Morgan fingerprint density at radius 3 is 1.97 bits per heavy atom. The Bertz CT molecular complexity index is 899. The molecule has 6 heteroatoms. The summed E-state index contributed by atoms with van der Waals surface area (Å²) in [6.45, 7) is 3.40. The van der Waals surface area contributed by atoms with E-state index in [1.54, 1.807) is 6.20 Å². The number of pyridine rings is 1. The van der Waals surface area contributed by atoms with Gasteiger partial charge in [-0.05, 0) is 24.4 Å². The van der Waals surface area contributed by atoms with Crippen molar-refractivity contribution in [1.29, 1.82) is 0 Å². The van der Waals surface area contributed by atoms with Crippen LogP contribution in [0.2, 0.25) is 0 Å². The average Bonchev–Trinajstić information content (AvgIpc) is 2.95. The van der Waals surface area contributed by atoms with E-state index in [1.165, 1.54) is 89.9 Å². The number of fused-ring (bicyclic) bond motifs is 1. The fourth-order valence-corrected chi connectivity index (χ4v) is 4.94. The number of unbranched alkanes of at least 4 members (excludes halogenated alkanes) is 15. The van der Waals surface area contributed by atoms with E-state index < -0.39 is 18.1 Å². The van der Waals surface area contributed by atoms with Gasteiger partial charge in [-0.25, -0.2) is 0 Å². The Balaban J connectivity index is 1.51. The number of hydrogen-bond donors (Lipinski definition) is 3. The Morgan fingerprint density at radius 1 is 0.842 bits per heavy atom. The van der Waals surface area contributed by atoms with Crippen LogP contribution in [0, 0.1) is 0 Å².